The van der Waals surface area contributed by atoms with Crippen LogP contribution in [0.25, 0.3) is 0 Å². The first-order valence-electron chi connectivity index (χ1n) is 10.7. The number of fused-ring (bicyclic) bond motifs is 1. The molecule has 2 N–H and O–H groups in total. The molecule has 8 heteroatoms. The predicted molar refractivity (Wildman–Crippen MR) is 117 cm³/mol. The molecule has 0 aromatic carbocycles. The molecule has 0 aliphatic carbocycles. The van der Waals surface area contributed by atoms with Crippen LogP contribution in [0, 0.1) is 0 Å². The van der Waals surface area contributed by atoms with Crippen LogP contribution < -0.4 is 5.32 Å². The number of nitrogens with one attached hydrogen (secondary N) is 1. The van der Waals surface area contributed by atoms with Crippen LogP contribution in [0.1, 0.15) is 41.5 Å². The molecular formula is C20H42N2O4Si2. The fourth-order valence-corrected chi connectivity index (χ4v) is 5.46. The zero-order chi connectivity index (χ0) is 21.3. The minimum atomic E-state index is -1.78. The molecule has 3 aliphatic heterocycles. The molecule has 164 valence electrons. The first-order valence-corrected chi connectivity index (χ1v) is 16.5. The van der Waals surface area contributed by atoms with Gasteiger partial charge in [0.25, 0.3) is 0 Å². The lowest BCUT2D eigenvalue weighted by Crippen LogP contribution is -2.43. The van der Waals surface area contributed by atoms with Gasteiger partial charge < -0.3 is 24.0 Å². The van der Waals surface area contributed by atoms with E-state index in [-0.39, 0.29) is 34.4 Å². The number of rotatable bonds is 7. The molecule has 0 aromatic heterocycles. The average molecular weight is 431 g/mol. The highest BCUT2D eigenvalue weighted by Gasteiger charge is 2.66. The summed E-state index contributed by atoms with van der Waals surface area (Å²) in [6, 6.07) is 0.904. The average Bonchev–Trinajstić information content (AvgIpc) is 3.40. The third-order valence-corrected chi connectivity index (χ3v) is 16.8. The lowest BCUT2D eigenvalue weighted by molar-refractivity contribution is -0.119. The van der Waals surface area contributed by atoms with Crippen LogP contribution in [-0.2, 0) is 13.6 Å². The Morgan fingerprint density at radius 3 is 1.93 bits per heavy atom. The third-order valence-electron chi connectivity index (χ3n) is 7.79. The predicted octanol–water partition coefficient (Wildman–Crippen LogP) is 3.10. The Balaban J connectivity index is 1.50. The first kappa shape index (κ1) is 22.9. The molecule has 3 aliphatic rings. The SMILES string of the molecule is CC(C)(C)[Si](C)(C)OC[C@@H]1N[C@@H]1[C@@H]1O[C@H](O)[C@H]2[C@@H](CO[Si](C)(C)C(C)(C)C)N21. The van der Waals surface area contributed by atoms with Gasteiger partial charge in [0.2, 0.25) is 0 Å². The number of hydrogen-bond donors (Lipinski definition) is 2. The smallest absolute Gasteiger partial charge is 0.192 e. The summed E-state index contributed by atoms with van der Waals surface area (Å²) >= 11 is 0. The maximum atomic E-state index is 10.3. The first-order chi connectivity index (χ1) is 12.6. The summed E-state index contributed by atoms with van der Waals surface area (Å²) in [4.78, 5) is 2.29. The van der Waals surface area contributed by atoms with Gasteiger partial charge in [-0.3, -0.25) is 4.90 Å². The van der Waals surface area contributed by atoms with Gasteiger partial charge in [-0.2, -0.15) is 0 Å². The van der Waals surface area contributed by atoms with Crippen molar-refractivity contribution in [1.82, 2.24) is 10.2 Å². The van der Waals surface area contributed by atoms with Crippen molar-refractivity contribution in [1.29, 1.82) is 0 Å². The second-order valence-corrected chi connectivity index (χ2v) is 21.5. The molecule has 0 saturated carbocycles. The van der Waals surface area contributed by atoms with Gasteiger partial charge in [0.1, 0.15) is 6.23 Å². The molecule has 3 fully saturated rings. The summed E-state index contributed by atoms with van der Waals surface area (Å²) in [7, 11) is -3.52. The zero-order valence-corrected chi connectivity index (χ0v) is 21.5. The van der Waals surface area contributed by atoms with E-state index in [1.807, 2.05) is 0 Å². The normalized spacial score (nSPS) is 38.5. The van der Waals surface area contributed by atoms with Crippen molar-refractivity contribution in [3.8, 4) is 0 Å². The summed E-state index contributed by atoms with van der Waals surface area (Å²) in [5.74, 6) is 0. The molecule has 28 heavy (non-hydrogen) atoms. The summed E-state index contributed by atoms with van der Waals surface area (Å²) < 4.78 is 18.6. The minimum absolute atomic E-state index is 0.0685. The van der Waals surface area contributed by atoms with Gasteiger partial charge in [-0.1, -0.05) is 41.5 Å². The second-order valence-electron chi connectivity index (χ2n) is 11.9. The van der Waals surface area contributed by atoms with Gasteiger partial charge in [-0.15, -0.1) is 0 Å². The van der Waals surface area contributed by atoms with Crippen molar-refractivity contribution in [2.75, 3.05) is 13.2 Å². The molecular weight excluding hydrogens is 388 g/mol. The van der Waals surface area contributed by atoms with E-state index in [9.17, 15) is 5.11 Å². The molecule has 0 aromatic rings. The van der Waals surface area contributed by atoms with Crippen molar-refractivity contribution < 1.29 is 18.7 Å². The van der Waals surface area contributed by atoms with E-state index in [2.05, 4.69) is 77.9 Å². The molecule has 0 spiro atoms. The molecule has 0 bridgehead atoms. The van der Waals surface area contributed by atoms with E-state index >= 15 is 0 Å². The second kappa shape index (κ2) is 7.12. The molecule has 6 nitrogen and oxygen atoms in total. The lowest BCUT2D eigenvalue weighted by Gasteiger charge is -2.36. The molecule has 3 saturated heterocycles. The fourth-order valence-electron chi connectivity index (χ4n) is 3.41. The number of aliphatic hydroxyl groups excluding tert-OH is 1. The van der Waals surface area contributed by atoms with Crippen molar-refractivity contribution in [3.63, 3.8) is 0 Å². The van der Waals surface area contributed by atoms with Crippen LogP contribution in [0.5, 0.6) is 0 Å². The maximum Gasteiger partial charge on any atom is 0.192 e. The van der Waals surface area contributed by atoms with Crippen molar-refractivity contribution in [2.45, 2.75) is 114 Å². The van der Waals surface area contributed by atoms with Gasteiger partial charge in [-0.05, 0) is 36.3 Å². The number of aliphatic hydroxyl groups is 1. The van der Waals surface area contributed by atoms with E-state index in [4.69, 9.17) is 13.6 Å². The standard InChI is InChI=1S/C20H42N2O4Si2/c1-19(2,3)27(7,8)24-11-13-15(21-13)17-22-14(16(22)18(23)26-17)12-25-28(9,10)20(4,5)6/h13-18,21,23H,11-12H2,1-10H3/t13-,14+,15-,16+,17-,18-,22?/m0/s1. The number of nitrogens with zero attached hydrogens (tertiary/aromatic N) is 1. The van der Waals surface area contributed by atoms with Gasteiger partial charge in [-0.25, -0.2) is 0 Å². The Bertz CT molecular complexity index is 588. The molecule has 7 atom stereocenters. The van der Waals surface area contributed by atoms with Crippen LogP contribution in [0.15, 0.2) is 0 Å². The van der Waals surface area contributed by atoms with Gasteiger partial charge in [0.05, 0.1) is 31.3 Å². The zero-order valence-electron chi connectivity index (χ0n) is 19.5. The van der Waals surface area contributed by atoms with E-state index < -0.39 is 22.9 Å². The summed E-state index contributed by atoms with van der Waals surface area (Å²) in [5.41, 5.74) is 0. The van der Waals surface area contributed by atoms with Crippen LogP contribution in [0.4, 0.5) is 0 Å². The molecule has 3 heterocycles. The molecule has 0 amide bonds. The van der Waals surface area contributed by atoms with Crippen molar-refractivity contribution >= 4 is 16.6 Å². The summed E-state index contributed by atoms with van der Waals surface area (Å²) in [6.07, 6.45) is -0.775. The van der Waals surface area contributed by atoms with Crippen LogP contribution in [0.3, 0.4) is 0 Å². The molecule has 0 radical (unpaired) electrons. The fraction of sp³-hybridized carbons (Fsp3) is 1.00. The van der Waals surface area contributed by atoms with Crippen LogP contribution >= 0.6 is 0 Å². The third kappa shape index (κ3) is 4.30. The van der Waals surface area contributed by atoms with Crippen LogP contribution in [0.2, 0.25) is 36.3 Å². The van der Waals surface area contributed by atoms with Gasteiger partial charge in [0.15, 0.2) is 22.9 Å². The summed E-state index contributed by atoms with van der Waals surface area (Å²) in [5, 5.41) is 14.3. The molecule has 1 unspecified atom stereocenters. The Hall–Kier alpha value is 0.194. The highest BCUT2D eigenvalue weighted by atomic mass is 28.4. The van der Waals surface area contributed by atoms with E-state index in [0.29, 0.717) is 12.6 Å². The van der Waals surface area contributed by atoms with Gasteiger partial charge in [0, 0.05) is 6.04 Å². The number of ether oxygens (including phenoxy) is 1. The van der Waals surface area contributed by atoms with E-state index in [1.165, 1.54) is 0 Å². The number of hydrogen-bond acceptors (Lipinski definition) is 6. The Kier molecular flexibility index (Phi) is 5.81. The van der Waals surface area contributed by atoms with Crippen molar-refractivity contribution in [3.05, 3.63) is 0 Å². The van der Waals surface area contributed by atoms with E-state index in [0.717, 1.165) is 6.61 Å². The van der Waals surface area contributed by atoms with E-state index in [1.54, 1.807) is 0 Å². The van der Waals surface area contributed by atoms with Crippen LogP contribution in [-0.4, -0.2) is 76.5 Å². The topological polar surface area (TPSA) is 72.9 Å². The maximum absolute atomic E-state index is 10.3. The monoisotopic (exact) mass is 430 g/mol. The Morgan fingerprint density at radius 1 is 0.929 bits per heavy atom. The Morgan fingerprint density at radius 2 is 1.43 bits per heavy atom. The van der Waals surface area contributed by atoms with Gasteiger partial charge >= 0.3 is 0 Å². The summed E-state index contributed by atoms with van der Waals surface area (Å²) in [6.45, 7) is 24.1. The minimum Gasteiger partial charge on any atom is -0.415 e. The highest BCUT2D eigenvalue weighted by molar-refractivity contribution is 6.74. The Labute approximate surface area is 173 Å². The highest BCUT2D eigenvalue weighted by Crippen LogP contribution is 2.46. The lowest BCUT2D eigenvalue weighted by atomic mass is 10.2. The quantitative estimate of drug-likeness (QED) is 0.478. The molecule has 3 rings (SSSR count). The van der Waals surface area contributed by atoms with Crippen molar-refractivity contribution in [2.24, 2.45) is 0 Å². The largest absolute Gasteiger partial charge is 0.415 e.